The number of benzene rings is 3. The van der Waals surface area contributed by atoms with Gasteiger partial charge in [-0.25, -0.2) is 0 Å². The highest BCUT2D eigenvalue weighted by molar-refractivity contribution is 7.99. The van der Waals surface area contributed by atoms with E-state index in [0.29, 0.717) is 0 Å². The normalized spacial score (nSPS) is 13.8. The maximum atomic E-state index is 10.8. The van der Waals surface area contributed by atoms with E-state index in [9.17, 15) is 10.1 Å². The fraction of sp³-hybridized carbons (Fsp3) is 0.208. The number of aliphatic imine (C=N–C) groups is 1. The number of nitrogens with zero attached hydrogens (tertiary/aromatic N) is 3. The lowest BCUT2D eigenvalue weighted by Gasteiger charge is -2.20. The molecule has 0 bridgehead atoms. The van der Waals surface area contributed by atoms with Crippen LogP contribution < -0.4 is 4.90 Å². The molecule has 0 N–H and O–H groups in total. The van der Waals surface area contributed by atoms with Gasteiger partial charge in [-0.3, -0.25) is 15.1 Å². The molecule has 6 heteroatoms. The molecule has 0 atom stereocenters. The second kappa shape index (κ2) is 9.13. The molecule has 1 aliphatic heterocycles. The molecule has 0 aromatic heterocycles. The number of rotatable bonds is 6. The third-order valence-corrected chi connectivity index (χ3v) is 6.17. The minimum absolute atomic E-state index is 0.104. The lowest BCUT2D eigenvalue weighted by molar-refractivity contribution is -0.384. The van der Waals surface area contributed by atoms with Crippen LogP contribution in [0.3, 0.4) is 0 Å². The zero-order valence-corrected chi connectivity index (χ0v) is 17.6. The summed E-state index contributed by atoms with van der Waals surface area (Å²) in [4.78, 5) is 19.4. The van der Waals surface area contributed by atoms with Crippen molar-refractivity contribution in [2.24, 2.45) is 4.99 Å². The Bertz CT molecular complexity index is 1060. The molecule has 1 heterocycles. The van der Waals surface area contributed by atoms with Gasteiger partial charge in [0.2, 0.25) is 0 Å². The lowest BCUT2D eigenvalue weighted by atomic mass is 10.1. The van der Waals surface area contributed by atoms with Gasteiger partial charge in [-0.15, -0.1) is 0 Å². The van der Waals surface area contributed by atoms with E-state index in [4.69, 9.17) is 0 Å². The van der Waals surface area contributed by atoms with Crippen molar-refractivity contribution in [3.63, 3.8) is 0 Å². The quantitative estimate of drug-likeness (QED) is 0.264. The second-order valence-corrected chi connectivity index (χ2v) is 8.49. The molecule has 4 rings (SSSR count). The SMILES string of the molecule is Cc1cc(C=Nc2ccc(Sc3ccc([N+](=O)[O-])cc3)cc2)ccc1N1CCCC1. The van der Waals surface area contributed by atoms with Crippen molar-refractivity contribution in [3.8, 4) is 0 Å². The summed E-state index contributed by atoms with van der Waals surface area (Å²) >= 11 is 1.57. The maximum absolute atomic E-state index is 10.8. The molecule has 3 aromatic carbocycles. The van der Waals surface area contributed by atoms with Gasteiger partial charge in [0.15, 0.2) is 0 Å². The highest BCUT2D eigenvalue weighted by Gasteiger charge is 2.14. The van der Waals surface area contributed by atoms with E-state index in [1.807, 2.05) is 30.5 Å². The smallest absolute Gasteiger partial charge is 0.269 e. The van der Waals surface area contributed by atoms with Gasteiger partial charge in [-0.1, -0.05) is 17.8 Å². The number of hydrogen-bond acceptors (Lipinski definition) is 5. The highest BCUT2D eigenvalue weighted by atomic mass is 32.2. The molecule has 1 aliphatic rings. The molecule has 0 radical (unpaired) electrons. The van der Waals surface area contributed by atoms with Gasteiger partial charge in [0.05, 0.1) is 10.6 Å². The fourth-order valence-corrected chi connectivity index (χ4v) is 4.41. The first-order valence-corrected chi connectivity index (χ1v) is 10.8. The highest BCUT2D eigenvalue weighted by Crippen LogP contribution is 2.30. The molecule has 0 unspecified atom stereocenters. The summed E-state index contributed by atoms with van der Waals surface area (Å²) in [6.07, 6.45) is 4.46. The summed E-state index contributed by atoms with van der Waals surface area (Å²) in [5.74, 6) is 0. The molecule has 30 heavy (non-hydrogen) atoms. The van der Waals surface area contributed by atoms with Crippen molar-refractivity contribution in [3.05, 3.63) is 88.0 Å². The molecule has 5 nitrogen and oxygen atoms in total. The average molecular weight is 418 g/mol. The molecular weight excluding hydrogens is 394 g/mol. The zero-order valence-electron chi connectivity index (χ0n) is 16.8. The first-order valence-electron chi connectivity index (χ1n) is 10.0. The Kier molecular flexibility index (Phi) is 6.14. The number of hydrogen-bond donors (Lipinski definition) is 0. The summed E-state index contributed by atoms with van der Waals surface area (Å²) in [6, 6.07) is 21.1. The Labute approximate surface area is 180 Å². The summed E-state index contributed by atoms with van der Waals surface area (Å²) in [5, 5.41) is 10.8. The summed E-state index contributed by atoms with van der Waals surface area (Å²) in [6.45, 7) is 4.46. The third kappa shape index (κ3) is 4.89. The maximum Gasteiger partial charge on any atom is 0.269 e. The number of nitro benzene ring substituents is 1. The molecule has 0 aliphatic carbocycles. The van der Waals surface area contributed by atoms with Crippen LogP contribution in [0.25, 0.3) is 0 Å². The molecule has 152 valence electrons. The van der Waals surface area contributed by atoms with Crippen LogP contribution in [0.2, 0.25) is 0 Å². The molecule has 0 saturated carbocycles. The minimum Gasteiger partial charge on any atom is -0.371 e. The molecule has 0 amide bonds. The summed E-state index contributed by atoms with van der Waals surface area (Å²) < 4.78 is 0. The van der Waals surface area contributed by atoms with Gasteiger partial charge < -0.3 is 4.90 Å². The number of anilines is 1. The second-order valence-electron chi connectivity index (χ2n) is 7.35. The monoisotopic (exact) mass is 417 g/mol. The van der Waals surface area contributed by atoms with Crippen LogP contribution in [0.5, 0.6) is 0 Å². The van der Waals surface area contributed by atoms with E-state index in [1.54, 1.807) is 23.9 Å². The van der Waals surface area contributed by atoms with Crippen molar-refractivity contribution in [1.82, 2.24) is 0 Å². The van der Waals surface area contributed by atoms with E-state index < -0.39 is 0 Å². The Morgan fingerprint density at radius 2 is 1.60 bits per heavy atom. The van der Waals surface area contributed by atoms with E-state index in [2.05, 4.69) is 35.0 Å². The topological polar surface area (TPSA) is 58.7 Å². The van der Waals surface area contributed by atoms with Crippen molar-refractivity contribution in [1.29, 1.82) is 0 Å². The Morgan fingerprint density at radius 1 is 0.967 bits per heavy atom. The van der Waals surface area contributed by atoms with Crippen LogP contribution in [-0.4, -0.2) is 24.2 Å². The third-order valence-electron chi connectivity index (χ3n) is 5.15. The predicted molar refractivity (Wildman–Crippen MR) is 124 cm³/mol. The first-order chi connectivity index (χ1) is 14.6. The fourth-order valence-electron chi connectivity index (χ4n) is 3.59. The van der Waals surface area contributed by atoms with Crippen LogP contribution in [0, 0.1) is 17.0 Å². The minimum atomic E-state index is -0.386. The van der Waals surface area contributed by atoms with Gasteiger partial charge in [-0.2, -0.15) is 0 Å². The molecule has 0 spiro atoms. The Balaban J connectivity index is 1.40. The van der Waals surface area contributed by atoms with Crippen LogP contribution >= 0.6 is 11.8 Å². The Hall–Kier alpha value is -3.12. The summed E-state index contributed by atoms with van der Waals surface area (Å²) in [5.41, 5.74) is 4.71. The number of non-ortho nitro benzene ring substituents is 1. The number of nitro groups is 1. The van der Waals surface area contributed by atoms with Gasteiger partial charge in [0.25, 0.3) is 5.69 Å². The van der Waals surface area contributed by atoms with Gasteiger partial charge in [-0.05, 0) is 79.4 Å². The van der Waals surface area contributed by atoms with Crippen molar-refractivity contribution in [2.45, 2.75) is 29.6 Å². The Morgan fingerprint density at radius 3 is 2.20 bits per heavy atom. The van der Waals surface area contributed by atoms with Crippen molar-refractivity contribution < 1.29 is 4.92 Å². The van der Waals surface area contributed by atoms with Crippen LogP contribution in [0.15, 0.2) is 81.5 Å². The van der Waals surface area contributed by atoms with Gasteiger partial charge >= 0.3 is 0 Å². The first kappa shape index (κ1) is 20.2. The zero-order chi connectivity index (χ0) is 20.9. The number of aryl methyl sites for hydroxylation is 1. The van der Waals surface area contributed by atoms with Crippen molar-refractivity contribution in [2.75, 3.05) is 18.0 Å². The molecule has 1 fully saturated rings. The summed E-state index contributed by atoms with van der Waals surface area (Å²) in [7, 11) is 0. The average Bonchev–Trinajstić information content (AvgIpc) is 3.28. The molecular formula is C24H23N3O2S. The van der Waals surface area contributed by atoms with Crippen LogP contribution in [0.4, 0.5) is 17.1 Å². The molecule has 1 saturated heterocycles. The lowest BCUT2D eigenvalue weighted by Crippen LogP contribution is -2.18. The van der Waals surface area contributed by atoms with E-state index >= 15 is 0 Å². The van der Waals surface area contributed by atoms with Gasteiger partial charge in [0, 0.05) is 46.9 Å². The van der Waals surface area contributed by atoms with E-state index in [1.165, 1.54) is 36.2 Å². The standard InChI is InChI=1S/C24H23N3O2S/c1-18-16-19(4-13-24(18)26-14-2-3-15-26)17-25-20-5-9-22(10-6-20)30-23-11-7-21(8-12-23)27(28)29/h4-13,16-17H,2-3,14-15H2,1H3. The molecule has 3 aromatic rings. The largest absolute Gasteiger partial charge is 0.371 e. The van der Waals surface area contributed by atoms with Crippen LogP contribution in [0.1, 0.15) is 24.0 Å². The predicted octanol–water partition coefficient (Wildman–Crippen LogP) is 6.41. The van der Waals surface area contributed by atoms with E-state index in [-0.39, 0.29) is 10.6 Å². The van der Waals surface area contributed by atoms with Crippen molar-refractivity contribution >= 4 is 35.0 Å². The van der Waals surface area contributed by atoms with Crippen LogP contribution in [-0.2, 0) is 0 Å². The van der Waals surface area contributed by atoms with Gasteiger partial charge in [0.1, 0.15) is 0 Å². The van der Waals surface area contributed by atoms with E-state index in [0.717, 1.165) is 34.1 Å².